The molecule has 2 aromatic rings. The van der Waals surface area contributed by atoms with Crippen LogP contribution in [0.25, 0.3) is 0 Å². The Morgan fingerprint density at radius 1 is 1.15 bits per heavy atom. The van der Waals surface area contributed by atoms with Crippen molar-refractivity contribution in [2.24, 2.45) is 5.73 Å². The number of aliphatic hydroxyl groups excluding tert-OH is 2. The van der Waals surface area contributed by atoms with E-state index in [9.17, 15) is 39.9 Å². The van der Waals surface area contributed by atoms with Crippen LogP contribution in [0, 0.1) is 0 Å². The quantitative estimate of drug-likeness (QED) is 0.169. The first-order valence-corrected chi connectivity index (χ1v) is 12.4. The minimum Gasteiger partial charge on any atom is -0.507 e. The van der Waals surface area contributed by atoms with Gasteiger partial charge in [0.2, 0.25) is 5.78 Å². The maximum absolute atomic E-state index is 13.6. The summed E-state index contributed by atoms with van der Waals surface area (Å²) in [5.41, 5.74) is 2.37. The van der Waals surface area contributed by atoms with Crippen LogP contribution in [-0.2, 0) is 37.8 Å². The molecule has 5 rings (SSSR count). The second-order valence-corrected chi connectivity index (χ2v) is 10.2. The Kier molecular flexibility index (Phi) is 8.16. The van der Waals surface area contributed by atoms with Crippen LogP contribution in [0.3, 0.4) is 0 Å². The largest absolute Gasteiger partial charge is 3.00 e. The number of methoxy groups -OCH3 is 1. The average molecular weight is 599 g/mol. The number of hydrogen-bond acceptors (Lipinski definition) is 12. The first-order valence-electron chi connectivity index (χ1n) is 12.4. The number of Topliss-reactive ketones (excluding diaryl/α,β-unsaturated/α-hetero) is 1. The number of aliphatic hydroxyl groups is 3. The Morgan fingerprint density at radius 2 is 1.82 bits per heavy atom. The van der Waals surface area contributed by atoms with Gasteiger partial charge in [-0.3, -0.25) is 14.4 Å². The third kappa shape index (κ3) is 4.52. The fourth-order valence-corrected chi connectivity index (χ4v) is 5.75. The number of benzene rings is 2. The molecular weight excluding hydrogens is 570 g/mol. The number of phenolic OH excluding ortho intramolecular Hbond substituents is 2. The first-order chi connectivity index (χ1) is 18.4. The van der Waals surface area contributed by atoms with E-state index in [1.165, 1.54) is 25.3 Å². The van der Waals surface area contributed by atoms with Crippen LogP contribution in [0.1, 0.15) is 68.8 Å². The summed E-state index contributed by atoms with van der Waals surface area (Å²) in [5, 5.41) is 53.7. The first kappa shape index (κ1) is 30.1. The molecule has 1 aliphatic heterocycles. The van der Waals surface area contributed by atoms with Crippen LogP contribution in [0.2, 0.25) is 0 Å². The molecule has 0 bridgehead atoms. The number of phenols is 2. The minimum absolute atomic E-state index is 0. The molecule has 0 amide bonds. The van der Waals surface area contributed by atoms with Crippen molar-refractivity contribution in [2.45, 2.75) is 62.4 Å². The number of ether oxygens (including phenoxy) is 3. The molecule has 12 nitrogen and oxygen atoms in total. The van der Waals surface area contributed by atoms with Gasteiger partial charge in [0.25, 0.3) is 0 Å². The summed E-state index contributed by atoms with van der Waals surface area (Å²) >= 11 is 0. The zero-order chi connectivity index (χ0) is 28.4. The molecule has 2 aromatic carbocycles. The Hall–Kier alpha value is -2.87. The van der Waals surface area contributed by atoms with Crippen LogP contribution in [0.5, 0.6) is 17.2 Å². The number of aromatic hydroxyl groups is 2. The zero-order valence-corrected chi connectivity index (χ0v) is 22.7. The van der Waals surface area contributed by atoms with E-state index in [0.717, 1.165) is 0 Å². The number of ketones is 3. The van der Waals surface area contributed by atoms with Crippen molar-refractivity contribution in [3.05, 3.63) is 51.6 Å². The smallest absolute Gasteiger partial charge is 0.507 e. The van der Waals surface area contributed by atoms with E-state index < -0.39 is 95.7 Å². The zero-order valence-electron chi connectivity index (χ0n) is 21.6. The van der Waals surface area contributed by atoms with Crippen LogP contribution < -0.4 is 10.5 Å². The van der Waals surface area contributed by atoms with Crippen molar-refractivity contribution in [1.29, 1.82) is 0 Å². The Labute approximate surface area is 239 Å². The molecule has 40 heavy (non-hydrogen) atoms. The van der Waals surface area contributed by atoms with Gasteiger partial charge in [-0.2, -0.15) is 0 Å². The summed E-state index contributed by atoms with van der Waals surface area (Å²) in [4.78, 5) is 39.7. The van der Waals surface area contributed by atoms with Gasteiger partial charge in [0.05, 0.1) is 42.1 Å². The predicted molar refractivity (Wildman–Crippen MR) is 132 cm³/mol. The van der Waals surface area contributed by atoms with Gasteiger partial charge < -0.3 is 45.5 Å². The summed E-state index contributed by atoms with van der Waals surface area (Å²) < 4.78 is 17.0. The van der Waals surface area contributed by atoms with Gasteiger partial charge >= 0.3 is 17.1 Å². The molecule has 7 N–H and O–H groups in total. The number of carbonyl (C=O) groups is 3. The average Bonchev–Trinajstić information content (AvgIpc) is 2.90. The van der Waals surface area contributed by atoms with Crippen molar-refractivity contribution in [2.75, 3.05) is 13.7 Å². The van der Waals surface area contributed by atoms with E-state index in [2.05, 4.69) is 0 Å². The SMILES string of the molecule is COc1cccc2c1C(=O)c1c(O)c3c(c(O)c1C2=O)C[C@@](O)(C(=O)CO)C[C@@H]3O[C@H]1C[C@H](N)[C@H](O)[C@H](C)O1.[Fe+3]. The van der Waals surface area contributed by atoms with Crippen LogP contribution in [0.15, 0.2) is 18.2 Å². The standard InChI is InChI=1S/C27H29NO11.Fe/c1-10-22(31)13(28)6-17(38-10)39-15-8-27(36,16(30)9-29)7-12-19(15)26(35)21-20(24(12)33)23(32)11-4-3-5-14(37-2)18(11)25(21)34;/h3-5,10,13,15,17,22,29,31,33,35-36H,6-9,28H2,1-2H3;/q;+3/t10-,13-,15-,17-,22+,27-;/m0./s1. The van der Waals surface area contributed by atoms with Crippen LogP contribution in [-0.4, -0.2) is 86.7 Å². The van der Waals surface area contributed by atoms with Gasteiger partial charge in [-0.15, -0.1) is 0 Å². The molecule has 1 heterocycles. The maximum Gasteiger partial charge on any atom is 3.00 e. The minimum atomic E-state index is -2.24. The van der Waals surface area contributed by atoms with Crippen LogP contribution >= 0.6 is 0 Å². The van der Waals surface area contributed by atoms with Gasteiger partial charge in [0.1, 0.15) is 29.5 Å². The molecule has 6 atom stereocenters. The van der Waals surface area contributed by atoms with E-state index in [0.29, 0.717) is 0 Å². The third-order valence-corrected chi connectivity index (χ3v) is 7.81. The summed E-state index contributed by atoms with van der Waals surface area (Å²) in [7, 11) is 1.32. The monoisotopic (exact) mass is 599 g/mol. The van der Waals surface area contributed by atoms with Crippen molar-refractivity contribution in [1.82, 2.24) is 0 Å². The molecule has 0 saturated carbocycles. The van der Waals surface area contributed by atoms with Gasteiger partial charge in [-0.05, 0) is 13.0 Å². The molecule has 1 saturated heterocycles. The predicted octanol–water partition coefficient (Wildman–Crippen LogP) is -0.00120. The number of carbonyl (C=O) groups excluding carboxylic acids is 3. The number of nitrogens with two attached hydrogens (primary N) is 1. The molecule has 3 aliphatic rings. The van der Waals surface area contributed by atoms with Crippen molar-refractivity contribution in [3.8, 4) is 17.2 Å². The Bertz CT molecular complexity index is 1380. The van der Waals surface area contributed by atoms with Crippen LogP contribution in [0.4, 0.5) is 0 Å². The summed E-state index contributed by atoms with van der Waals surface area (Å²) in [6, 6.07) is 3.64. The molecule has 2 aliphatic carbocycles. The van der Waals surface area contributed by atoms with E-state index >= 15 is 0 Å². The molecule has 0 aromatic heterocycles. The molecular formula is C27H29FeNO11+3. The van der Waals surface area contributed by atoms with Gasteiger partial charge in [0, 0.05) is 42.0 Å². The van der Waals surface area contributed by atoms with Gasteiger partial charge in [0.15, 0.2) is 17.9 Å². The van der Waals surface area contributed by atoms with Gasteiger partial charge in [-0.1, -0.05) is 12.1 Å². The summed E-state index contributed by atoms with van der Waals surface area (Å²) in [6.07, 6.45) is -5.12. The Balaban J connectivity index is 0.00000370. The molecule has 0 spiro atoms. The number of fused-ring (bicyclic) bond motifs is 3. The molecule has 13 heteroatoms. The summed E-state index contributed by atoms with van der Waals surface area (Å²) in [6.45, 7) is 0.560. The van der Waals surface area contributed by atoms with E-state index in [-0.39, 0.29) is 51.5 Å². The normalized spacial score (nSPS) is 29.1. The fourth-order valence-electron chi connectivity index (χ4n) is 5.75. The van der Waals surface area contributed by atoms with E-state index in [1.807, 2.05) is 0 Å². The Morgan fingerprint density at radius 3 is 2.45 bits per heavy atom. The van der Waals surface area contributed by atoms with E-state index in [4.69, 9.17) is 19.9 Å². The van der Waals surface area contributed by atoms with Crippen molar-refractivity contribution in [3.63, 3.8) is 0 Å². The molecule has 1 fully saturated rings. The van der Waals surface area contributed by atoms with Crippen molar-refractivity contribution >= 4 is 17.3 Å². The fraction of sp³-hybridized carbons (Fsp3) is 0.444. The molecule has 1 radical (unpaired) electrons. The number of rotatable bonds is 5. The summed E-state index contributed by atoms with van der Waals surface area (Å²) in [5.74, 6) is -3.77. The van der Waals surface area contributed by atoms with Crippen molar-refractivity contribution < 1.29 is 71.2 Å². The second-order valence-electron chi connectivity index (χ2n) is 10.2. The molecule has 213 valence electrons. The maximum atomic E-state index is 13.6. The second kappa shape index (κ2) is 10.8. The van der Waals surface area contributed by atoms with E-state index in [1.54, 1.807) is 6.92 Å². The topological polar surface area (TPSA) is 206 Å². The number of hydrogen-bond donors (Lipinski definition) is 6. The third-order valence-electron chi connectivity index (χ3n) is 7.81. The molecule has 0 unspecified atom stereocenters. The van der Waals surface area contributed by atoms with Gasteiger partial charge in [-0.25, -0.2) is 0 Å².